The molecule has 1 aliphatic rings. The predicted molar refractivity (Wildman–Crippen MR) is 106 cm³/mol. The third-order valence-corrected chi connectivity index (χ3v) is 6.05. The van der Waals surface area contributed by atoms with E-state index < -0.39 is 0 Å². The van der Waals surface area contributed by atoms with Gasteiger partial charge < -0.3 is 5.73 Å². The van der Waals surface area contributed by atoms with Gasteiger partial charge in [-0.25, -0.2) is 4.98 Å². The summed E-state index contributed by atoms with van der Waals surface area (Å²) in [6.45, 7) is 6.89. The quantitative estimate of drug-likeness (QED) is 0.767. The van der Waals surface area contributed by atoms with Crippen LogP contribution in [0, 0.1) is 22.7 Å². The van der Waals surface area contributed by atoms with Gasteiger partial charge in [0.05, 0.1) is 0 Å². The standard InChI is InChI=1S/C21H25N3S/c1-21(2,3)14-7-10-18-16(11-14)19(17(12-22)20(23)24-18)13-5-8-15(25-4)9-6-13/h5-6,8-9,14H,7,10-11H2,1-4H3,(H2,23,24). The minimum Gasteiger partial charge on any atom is -0.383 e. The summed E-state index contributed by atoms with van der Waals surface area (Å²) in [4.78, 5) is 5.79. The molecule has 1 aromatic heterocycles. The molecule has 1 atom stereocenters. The minimum absolute atomic E-state index is 0.242. The van der Waals surface area contributed by atoms with E-state index in [1.165, 1.54) is 10.5 Å². The van der Waals surface area contributed by atoms with Crippen LogP contribution >= 0.6 is 11.8 Å². The summed E-state index contributed by atoms with van der Waals surface area (Å²) in [6.07, 6.45) is 5.08. The molecule has 1 heterocycles. The monoisotopic (exact) mass is 351 g/mol. The fourth-order valence-corrected chi connectivity index (χ4v) is 4.11. The van der Waals surface area contributed by atoms with Gasteiger partial charge in [-0.2, -0.15) is 5.26 Å². The van der Waals surface area contributed by atoms with Gasteiger partial charge >= 0.3 is 0 Å². The molecule has 0 fully saturated rings. The number of aryl methyl sites for hydroxylation is 1. The van der Waals surface area contributed by atoms with Gasteiger partial charge in [-0.05, 0) is 60.1 Å². The van der Waals surface area contributed by atoms with Crippen LogP contribution in [0.25, 0.3) is 11.1 Å². The summed E-state index contributed by atoms with van der Waals surface area (Å²) in [5, 5.41) is 9.71. The van der Waals surface area contributed by atoms with Gasteiger partial charge in [-0.1, -0.05) is 32.9 Å². The minimum atomic E-state index is 0.242. The zero-order valence-corrected chi connectivity index (χ0v) is 16.2. The molecule has 3 rings (SSSR count). The maximum atomic E-state index is 9.71. The molecule has 0 amide bonds. The molecular weight excluding hydrogens is 326 g/mol. The highest BCUT2D eigenvalue weighted by molar-refractivity contribution is 7.98. The van der Waals surface area contributed by atoms with E-state index >= 15 is 0 Å². The maximum absolute atomic E-state index is 9.71. The Morgan fingerprint density at radius 3 is 2.48 bits per heavy atom. The Morgan fingerprint density at radius 2 is 1.92 bits per heavy atom. The van der Waals surface area contributed by atoms with Gasteiger partial charge in [-0.15, -0.1) is 11.8 Å². The van der Waals surface area contributed by atoms with E-state index in [4.69, 9.17) is 5.73 Å². The number of nitrogens with zero attached hydrogens (tertiary/aromatic N) is 2. The second-order valence-electron chi connectivity index (χ2n) is 7.82. The lowest BCUT2D eigenvalue weighted by atomic mass is 9.70. The smallest absolute Gasteiger partial charge is 0.142 e. The Morgan fingerprint density at radius 1 is 1.24 bits per heavy atom. The Balaban J connectivity index is 2.19. The molecule has 3 nitrogen and oxygen atoms in total. The largest absolute Gasteiger partial charge is 0.383 e. The Hall–Kier alpha value is -1.99. The maximum Gasteiger partial charge on any atom is 0.142 e. The molecule has 1 unspecified atom stereocenters. The molecule has 1 aliphatic carbocycles. The average molecular weight is 352 g/mol. The van der Waals surface area contributed by atoms with Crippen molar-refractivity contribution in [3.8, 4) is 17.2 Å². The first-order chi connectivity index (χ1) is 11.8. The first-order valence-electron chi connectivity index (χ1n) is 8.71. The Labute approximate surface area is 154 Å². The molecule has 0 spiro atoms. The van der Waals surface area contributed by atoms with Crippen molar-refractivity contribution in [2.75, 3.05) is 12.0 Å². The lowest BCUT2D eigenvalue weighted by Crippen LogP contribution is -2.28. The number of aromatic nitrogens is 1. The number of hydrogen-bond acceptors (Lipinski definition) is 4. The van der Waals surface area contributed by atoms with Crippen LogP contribution in [0.5, 0.6) is 0 Å². The van der Waals surface area contributed by atoms with Crippen LogP contribution in [0.15, 0.2) is 29.2 Å². The zero-order chi connectivity index (χ0) is 18.2. The van der Waals surface area contributed by atoms with Crippen molar-refractivity contribution in [2.24, 2.45) is 11.3 Å². The normalized spacial score (nSPS) is 17.0. The SMILES string of the molecule is CSc1ccc(-c2c(C#N)c(N)nc3c2CC(C(C)(C)C)CC3)cc1. The van der Waals surface area contributed by atoms with Crippen LogP contribution in [0.4, 0.5) is 5.82 Å². The third-order valence-electron chi connectivity index (χ3n) is 5.31. The highest BCUT2D eigenvalue weighted by Crippen LogP contribution is 2.42. The lowest BCUT2D eigenvalue weighted by molar-refractivity contribution is 0.215. The summed E-state index contributed by atoms with van der Waals surface area (Å²) in [5.41, 5.74) is 11.2. The molecule has 0 bridgehead atoms. The fourth-order valence-electron chi connectivity index (χ4n) is 3.71. The zero-order valence-electron chi connectivity index (χ0n) is 15.4. The van der Waals surface area contributed by atoms with Gasteiger partial charge in [0.15, 0.2) is 0 Å². The second-order valence-corrected chi connectivity index (χ2v) is 8.70. The van der Waals surface area contributed by atoms with Crippen molar-refractivity contribution in [1.29, 1.82) is 5.26 Å². The van der Waals surface area contributed by atoms with E-state index in [0.29, 0.717) is 17.3 Å². The molecule has 4 heteroatoms. The first-order valence-corrected chi connectivity index (χ1v) is 9.93. The first kappa shape index (κ1) is 17.8. The highest BCUT2D eigenvalue weighted by Gasteiger charge is 2.32. The van der Waals surface area contributed by atoms with E-state index in [-0.39, 0.29) is 5.41 Å². The highest BCUT2D eigenvalue weighted by atomic mass is 32.2. The number of nitrogen functional groups attached to an aromatic ring is 1. The fraction of sp³-hybridized carbons (Fsp3) is 0.429. The molecule has 130 valence electrons. The van der Waals surface area contributed by atoms with E-state index in [0.717, 1.165) is 36.1 Å². The second kappa shape index (κ2) is 6.72. The van der Waals surface area contributed by atoms with Crippen LogP contribution in [0.3, 0.4) is 0 Å². The van der Waals surface area contributed by atoms with Crippen molar-refractivity contribution in [3.63, 3.8) is 0 Å². The molecule has 2 aromatic rings. The van der Waals surface area contributed by atoms with Crippen molar-refractivity contribution in [3.05, 3.63) is 41.1 Å². The van der Waals surface area contributed by atoms with Crippen molar-refractivity contribution in [2.45, 2.75) is 44.9 Å². The summed E-state index contributed by atoms with van der Waals surface area (Å²) in [5.74, 6) is 0.945. The molecule has 1 aromatic carbocycles. The molecule has 0 radical (unpaired) electrons. The van der Waals surface area contributed by atoms with E-state index in [1.54, 1.807) is 11.8 Å². The van der Waals surface area contributed by atoms with Crippen LogP contribution < -0.4 is 5.73 Å². The van der Waals surface area contributed by atoms with E-state index in [1.807, 2.05) is 0 Å². The van der Waals surface area contributed by atoms with Crippen molar-refractivity contribution in [1.82, 2.24) is 4.98 Å². The number of fused-ring (bicyclic) bond motifs is 1. The van der Waals surface area contributed by atoms with Gasteiger partial charge in [0.2, 0.25) is 0 Å². The summed E-state index contributed by atoms with van der Waals surface area (Å²) in [7, 11) is 0. The molecule has 0 aliphatic heterocycles. The van der Waals surface area contributed by atoms with E-state index in [2.05, 4.69) is 62.3 Å². The number of benzene rings is 1. The average Bonchev–Trinajstić information content (AvgIpc) is 2.59. The van der Waals surface area contributed by atoms with Crippen LogP contribution in [0.2, 0.25) is 0 Å². The summed E-state index contributed by atoms with van der Waals surface area (Å²) >= 11 is 1.72. The Kier molecular flexibility index (Phi) is 4.79. The molecular formula is C21H25N3S. The van der Waals surface area contributed by atoms with Crippen molar-refractivity contribution < 1.29 is 0 Å². The van der Waals surface area contributed by atoms with Gasteiger partial charge in [0, 0.05) is 16.2 Å². The van der Waals surface area contributed by atoms with Crippen LogP contribution in [-0.4, -0.2) is 11.2 Å². The molecule has 2 N–H and O–H groups in total. The number of anilines is 1. The summed E-state index contributed by atoms with van der Waals surface area (Å²) in [6, 6.07) is 10.7. The van der Waals surface area contributed by atoms with Gasteiger partial charge in [0.25, 0.3) is 0 Å². The number of nitriles is 1. The third kappa shape index (κ3) is 3.39. The van der Waals surface area contributed by atoms with Crippen LogP contribution in [0.1, 0.15) is 44.0 Å². The lowest BCUT2D eigenvalue weighted by Gasteiger charge is -2.35. The van der Waals surface area contributed by atoms with E-state index in [9.17, 15) is 5.26 Å². The van der Waals surface area contributed by atoms with Crippen LogP contribution in [-0.2, 0) is 12.8 Å². The number of thioether (sulfide) groups is 1. The molecule has 0 saturated heterocycles. The van der Waals surface area contributed by atoms with Gasteiger partial charge in [0.1, 0.15) is 17.5 Å². The summed E-state index contributed by atoms with van der Waals surface area (Å²) < 4.78 is 0. The number of hydrogen-bond donors (Lipinski definition) is 1. The number of rotatable bonds is 2. The molecule has 25 heavy (non-hydrogen) atoms. The van der Waals surface area contributed by atoms with Crippen molar-refractivity contribution >= 4 is 17.6 Å². The molecule has 0 saturated carbocycles. The van der Waals surface area contributed by atoms with Gasteiger partial charge in [-0.3, -0.25) is 0 Å². The Bertz CT molecular complexity index is 826. The predicted octanol–water partition coefficient (Wildman–Crippen LogP) is 5.08. The number of pyridine rings is 1. The number of nitrogens with two attached hydrogens (primary N) is 1. The topological polar surface area (TPSA) is 62.7 Å².